The smallest absolute Gasteiger partial charge is 0.248 e. The molecule has 8 nitrogen and oxygen atoms in total. The van der Waals surface area contributed by atoms with Gasteiger partial charge < -0.3 is 9.88 Å². The van der Waals surface area contributed by atoms with Crippen LogP contribution in [0.25, 0.3) is 10.9 Å². The van der Waals surface area contributed by atoms with Crippen molar-refractivity contribution in [2.24, 2.45) is 0 Å². The van der Waals surface area contributed by atoms with Crippen LogP contribution in [0.2, 0.25) is 0 Å². The average Bonchev–Trinajstić information content (AvgIpc) is 2.86. The lowest BCUT2D eigenvalue weighted by Gasteiger charge is -2.31. The highest BCUT2D eigenvalue weighted by Crippen LogP contribution is 2.23. The Morgan fingerprint density at radius 1 is 1.06 bits per heavy atom. The number of hydrogen-bond acceptors (Lipinski definition) is 5. The lowest BCUT2D eigenvalue weighted by molar-refractivity contribution is -0.135. The normalized spacial score (nSPS) is 12.5. The molecule has 0 radical (unpaired) electrons. The predicted molar refractivity (Wildman–Crippen MR) is 138 cm³/mol. The number of fused-ring (bicyclic) bond motifs is 1. The first-order chi connectivity index (χ1) is 16.7. The van der Waals surface area contributed by atoms with Crippen molar-refractivity contribution >= 4 is 26.8 Å². The number of sulfonamides is 1. The van der Waals surface area contributed by atoms with E-state index in [0.717, 1.165) is 5.56 Å². The predicted octanol–water partition coefficient (Wildman–Crippen LogP) is 3.87. The zero-order valence-corrected chi connectivity index (χ0v) is 20.2. The standard InChI is InChI=1S/C26H26N4O4S.2H2/c1-18(2)30(17-19-7-6-14-27-16-19)26(32)25(20-8-4-3-5-9-20)29-35(33,34)22-11-12-23-21(15-22)10-13-24(31)28-23;;/h3-16,18,25,29H,17H2,1-2H3,(H,28,31);2*1H. The van der Waals surface area contributed by atoms with Gasteiger partial charge in [-0.1, -0.05) is 36.4 Å². The lowest BCUT2D eigenvalue weighted by Crippen LogP contribution is -2.45. The van der Waals surface area contributed by atoms with Crippen molar-refractivity contribution in [2.75, 3.05) is 0 Å². The van der Waals surface area contributed by atoms with Gasteiger partial charge in [-0.3, -0.25) is 14.6 Å². The minimum absolute atomic E-state index is 0. The van der Waals surface area contributed by atoms with Gasteiger partial charge in [-0.05, 0) is 60.7 Å². The number of rotatable bonds is 8. The maximum absolute atomic E-state index is 13.8. The highest BCUT2D eigenvalue weighted by molar-refractivity contribution is 7.89. The van der Waals surface area contributed by atoms with Gasteiger partial charge in [-0.25, -0.2) is 8.42 Å². The molecule has 0 saturated carbocycles. The monoisotopic (exact) mass is 494 g/mol. The van der Waals surface area contributed by atoms with Crippen LogP contribution in [0.3, 0.4) is 0 Å². The topological polar surface area (TPSA) is 112 Å². The largest absolute Gasteiger partial charge is 0.334 e. The van der Waals surface area contributed by atoms with E-state index in [1.54, 1.807) is 59.8 Å². The van der Waals surface area contributed by atoms with Crippen molar-refractivity contribution in [2.45, 2.75) is 37.4 Å². The third-order valence-corrected chi connectivity index (χ3v) is 7.06. The summed E-state index contributed by atoms with van der Waals surface area (Å²) in [7, 11) is -4.09. The molecule has 1 amide bonds. The maximum Gasteiger partial charge on any atom is 0.248 e. The number of hydrogen-bond donors (Lipinski definition) is 2. The highest BCUT2D eigenvalue weighted by Gasteiger charge is 2.32. The molecule has 2 heterocycles. The maximum atomic E-state index is 13.8. The van der Waals surface area contributed by atoms with Gasteiger partial charge in [0, 0.05) is 39.4 Å². The Kier molecular flexibility index (Phi) is 7.09. The molecule has 0 saturated heterocycles. The molecule has 0 spiro atoms. The fourth-order valence-corrected chi connectivity index (χ4v) is 5.01. The van der Waals surface area contributed by atoms with Gasteiger partial charge >= 0.3 is 0 Å². The number of nitrogens with one attached hydrogen (secondary N) is 2. The van der Waals surface area contributed by atoms with Crippen molar-refractivity contribution in [1.29, 1.82) is 0 Å². The van der Waals surface area contributed by atoms with Gasteiger partial charge in [0.25, 0.3) is 0 Å². The van der Waals surface area contributed by atoms with Gasteiger partial charge in [0.15, 0.2) is 0 Å². The fraction of sp³-hybridized carbons (Fsp3) is 0.192. The summed E-state index contributed by atoms with van der Waals surface area (Å²) in [5.74, 6) is -0.372. The molecule has 0 fully saturated rings. The highest BCUT2D eigenvalue weighted by atomic mass is 32.2. The molecule has 4 aromatic rings. The molecule has 2 aromatic carbocycles. The molecule has 1 unspecified atom stereocenters. The van der Waals surface area contributed by atoms with Crippen molar-refractivity contribution < 1.29 is 16.1 Å². The number of carbonyl (C=O) groups excluding carboxylic acids is 1. The zero-order chi connectivity index (χ0) is 25.0. The quantitative estimate of drug-likeness (QED) is 0.386. The molecular weight excluding hydrogens is 464 g/mol. The Morgan fingerprint density at radius 3 is 2.51 bits per heavy atom. The Labute approximate surface area is 206 Å². The molecule has 2 N–H and O–H groups in total. The van der Waals surface area contributed by atoms with Crippen molar-refractivity contribution in [3.8, 4) is 0 Å². The lowest BCUT2D eigenvalue weighted by atomic mass is 10.1. The molecule has 0 aliphatic rings. The summed E-state index contributed by atoms with van der Waals surface area (Å²) in [5.41, 5.74) is 1.62. The summed E-state index contributed by atoms with van der Waals surface area (Å²) < 4.78 is 29.5. The summed E-state index contributed by atoms with van der Waals surface area (Å²) in [4.78, 5) is 33.8. The van der Waals surface area contributed by atoms with Crippen LogP contribution < -0.4 is 10.3 Å². The number of carbonyl (C=O) groups is 1. The number of H-pyrrole nitrogens is 1. The van der Waals surface area contributed by atoms with E-state index in [4.69, 9.17) is 0 Å². The van der Waals surface area contributed by atoms with Gasteiger partial charge in [-0.15, -0.1) is 0 Å². The van der Waals surface area contributed by atoms with Crippen molar-refractivity contribution in [3.05, 3.63) is 107 Å². The second-order valence-corrected chi connectivity index (χ2v) is 10.2. The molecule has 0 aliphatic carbocycles. The van der Waals surface area contributed by atoms with Crippen LogP contribution in [0, 0.1) is 0 Å². The minimum Gasteiger partial charge on any atom is -0.334 e. The molecular formula is C26H30N4O4S. The van der Waals surface area contributed by atoms with E-state index in [1.165, 1.54) is 24.3 Å². The van der Waals surface area contributed by atoms with E-state index in [9.17, 15) is 18.0 Å². The summed E-state index contributed by atoms with van der Waals surface area (Å²) in [6.07, 6.45) is 3.34. The van der Waals surface area contributed by atoms with E-state index in [1.807, 2.05) is 19.9 Å². The van der Waals surface area contributed by atoms with Gasteiger partial charge in [0.1, 0.15) is 6.04 Å². The number of aromatic amines is 1. The van der Waals surface area contributed by atoms with E-state index < -0.39 is 16.1 Å². The summed E-state index contributed by atoms with van der Waals surface area (Å²) in [6, 6.07) is 18.4. The first-order valence-corrected chi connectivity index (χ1v) is 12.6. The van der Waals surface area contributed by atoms with Crippen LogP contribution in [0.1, 0.15) is 33.9 Å². The van der Waals surface area contributed by atoms with E-state index in [2.05, 4.69) is 14.7 Å². The van der Waals surface area contributed by atoms with Crippen LogP contribution in [-0.4, -0.2) is 35.2 Å². The first-order valence-electron chi connectivity index (χ1n) is 11.1. The zero-order valence-electron chi connectivity index (χ0n) is 19.4. The van der Waals surface area contributed by atoms with E-state index in [0.29, 0.717) is 23.0 Å². The molecule has 35 heavy (non-hydrogen) atoms. The SMILES string of the molecule is CC(C)N(Cc1cccnc1)C(=O)C(NS(=O)(=O)c1ccc2[nH]c(=O)ccc2c1)c1ccccc1.[HH].[HH]. The molecule has 9 heteroatoms. The Hall–Kier alpha value is -3.82. The second-order valence-electron chi connectivity index (χ2n) is 8.46. The van der Waals surface area contributed by atoms with E-state index >= 15 is 0 Å². The first kappa shape index (κ1) is 24.3. The Morgan fingerprint density at radius 2 is 1.83 bits per heavy atom. The number of pyridine rings is 2. The third kappa shape index (κ3) is 5.64. The van der Waals surface area contributed by atoms with Crippen LogP contribution in [-0.2, 0) is 21.4 Å². The molecule has 0 aliphatic heterocycles. The van der Waals surface area contributed by atoms with Crippen molar-refractivity contribution in [3.63, 3.8) is 0 Å². The summed E-state index contributed by atoms with van der Waals surface area (Å²) in [6.45, 7) is 4.06. The number of benzene rings is 2. The average molecular weight is 495 g/mol. The van der Waals surface area contributed by atoms with E-state index in [-0.39, 0.29) is 25.3 Å². The van der Waals surface area contributed by atoms with Crippen molar-refractivity contribution in [1.82, 2.24) is 19.6 Å². The van der Waals surface area contributed by atoms with Gasteiger partial charge in [0.05, 0.1) is 4.90 Å². The number of aromatic nitrogens is 2. The number of nitrogens with zero attached hydrogens (tertiary/aromatic N) is 2. The summed E-state index contributed by atoms with van der Waals surface area (Å²) in [5, 5.41) is 0.565. The molecule has 1 atom stereocenters. The van der Waals surface area contributed by atoms with Gasteiger partial charge in [-0.2, -0.15) is 4.72 Å². The van der Waals surface area contributed by atoms with Crippen LogP contribution >= 0.6 is 0 Å². The molecule has 0 bridgehead atoms. The second kappa shape index (κ2) is 10.2. The number of amides is 1. The van der Waals surface area contributed by atoms with Crippen LogP contribution in [0.15, 0.2) is 94.9 Å². The van der Waals surface area contributed by atoms with Gasteiger partial charge in [0.2, 0.25) is 21.5 Å². The minimum atomic E-state index is -4.09. The fourth-order valence-electron chi connectivity index (χ4n) is 3.80. The summed E-state index contributed by atoms with van der Waals surface area (Å²) >= 11 is 0. The van der Waals surface area contributed by atoms with Crippen LogP contribution in [0.5, 0.6) is 0 Å². The third-order valence-electron chi connectivity index (χ3n) is 5.64. The Balaban J connectivity index is 0.00000241. The Bertz CT molecular complexity index is 1500. The van der Waals surface area contributed by atoms with Crippen LogP contribution in [0.4, 0.5) is 0 Å². The molecule has 4 rings (SSSR count). The molecule has 184 valence electrons. The molecule has 2 aromatic heterocycles.